The summed E-state index contributed by atoms with van der Waals surface area (Å²) in [5.41, 5.74) is 0. The van der Waals surface area contributed by atoms with E-state index in [4.69, 9.17) is 0 Å². The van der Waals surface area contributed by atoms with E-state index in [-0.39, 0.29) is 12.1 Å². The summed E-state index contributed by atoms with van der Waals surface area (Å²) < 4.78 is 0.814. The van der Waals surface area contributed by atoms with Crippen LogP contribution in [0.2, 0.25) is 0 Å². The van der Waals surface area contributed by atoms with Crippen molar-refractivity contribution in [3.8, 4) is 0 Å². The number of nitrogens with one attached hydrogen (secondary N) is 2. The van der Waals surface area contributed by atoms with Gasteiger partial charge in [-0.2, -0.15) is 0 Å². The van der Waals surface area contributed by atoms with Crippen LogP contribution in [0.15, 0.2) is 24.6 Å². The first kappa shape index (κ1) is 26.7. The maximum absolute atomic E-state index is 11.5. The molecule has 3 atom stereocenters. The van der Waals surface area contributed by atoms with Gasteiger partial charge >= 0.3 is 0 Å². The number of unbranched alkanes of at least 4 members (excludes halogenated alkanes) is 11. The van der Waals surface area contributed by atoms with Crippen LogP contribution in [0.4, 0.5) is 0 Å². The minimum absolute atomic E-state index is 0.0524. The average Bonchev–Trinajstić information content (AvgIpc) is 3.14. The van der Waals surface area contributed by atoms with Crippen LogP contribution in [0, 0.1) is 0 Å². The number of allylic oxidation sites excluding steroid dienone is 2. The standard InChI is InChI=1S/C26H49N3O/c1-5-7-8-9-10-11-12-13-14-15-16-17-18-19-20-21-26-27-22-23-29(26,6-2)24(3)28-25(4)30/h7-8,22-24,26-27H,5-6,9-21H2,1-4H3/p+1/b8-7+. The Morgan fingerprint density at radius 2 is 1.53 bits per heavy atom. The molecule has 1 rings (SSSR count). The van der Waals surface area contributed by atoms with Gasteiger partial charge in [-0.15, -0.1) is 0 Å². The molecule has 3 unspecified atom stereocenters. The van der Waals surface area contributed by atoms with Gasteiger partial charge < -0.3 is 10.6 Å². The van der Waals surface area contributed by atoms with Gasteiger partial charge in [0.15, 0.2) is 12.3 Å². The van der Waals surface area contributed by atoms with Gasteiger partial charge in [-0.3, -0.25) is 9.28 Å². The second kappa shape index (κ2) is 16.4. The lowest BCUT2D eigenvalue weighted by molar-refractivity contribution is -0.923. The third kappa shape index (κ3) is 10.1. The lowest BCUT2D eigenvalue weighted by Crippen LogP contribution is -2.62. The highest BCUT2D eigenvalue weighted by atomic mass is 16.1. The van der Waals surface area contributed by atoms with Crippen LogP contribution < -0.4 is 10.6 Å². The number of amides is 1. The summed E-state index contributed by atoms with van der Waals surface area (Å²) in [6.45, 7) is 9.14. The molecular weight excluding hydrogens is 370 g/mol. The molecule has 0 spiro atoms. The molecule has 0 aliphatic carbocycles. The first-order valence-corrected chi connectivity index (χ1v) is 12.8. The molecule has 1 heterocycles. The van der Waals surface area contributed by atoms with Crippen molar-refractivity contribution in [2.75, 3.05) is 6.54 Å². The van der Waals surface area contributed by atoms with Crippen molar-refractivity contribution in [2.24, 2.45) is 0 Å². The number of quaternary nitrogens is 1. The van der Waals surface area contributed by atoms with Gasteiger partial charge in [-0.25, -0.2) is 0 Å². The van der Waals surface area contributed by atoms with Crippen molar-refractivity contribution >= 4 is 5.91 Å². The van der Waals surface area contributed by atoms with E-state index in [0.29, 0.717) is 6.17 Å². The lowest BCUT2D eigenvalue weighted by Gasteiger charge is -2.41. The molecule has 174 valence electrons. The zero-order valence-electron chi connectivity index (χ0n) is 20.4. The first-order chi connectivity index (χ1) is 14.6. The van der Waals surface area contributed by atoms with Crippen LogP contribution in [0.25, 0.3) is 0 Å². The Hall–Kier alpha value is -1.29. The summed E-state index contributed by atoms with van der Waals surface area (Å²) in [6.07, 6.45) is 28.2. The van der Waals surface area contributed by atoms with Gasteiger partial charge in [0.2, 0.25) is 5.91 Å². The van der Waals surface area contributed by atoms with E-state index in [9.17, 15) is 4.79 Å². The van der Waals surface area contributed by atoms with Gasteiger partial charge in [-0.05, 0) is 32.6 Å². The van der Waals surface area contributed by atoms with Crippen molar-refractivity contribution in [1.82, 2.24) is 10.6 Å². The number of carbonyl (C=O) groups excluding carboxylic acids is 1. The van der Waals surface area contributed by atoms with Gasteiger partial charge in [0.1, 0.15) is 6.20 Å². The third-order valence-electron chi connectivity index (χ3n) is 6.65. The van der Waals surface area contributed by atoms with Crippen LogP contribution in [-0.2, 0) is 4.79 Å². The minimum Gasteiger partial charge on any atom is -0.338 e. The highest BCUT2D eigenvalue weighted by Gasteiger charge is 2.41. The predicted octanol–water partition coefficient (Wildman–Crippen LogP) is 6.74. The van der Waals surface area contributed by atoms with Crippen LogP contribution in [0.5, 0.6) is 0 Å². The smallest absolute Gasteiger partial charge is 0.221 e. The van der Waals surface area contributed by atoms with Crippen molar-refractivity contribution in [1.29, 1.82) is 0 Å². The number of hydrogen-bond donors (Lipinski definition) is 2. The molecule has 0 radical (unpaired) electrons. The summed E-state index contributed by atoms with van der Waals surface area (Å²) in [6, 6.07) is 0. The zero-order valence-corrected chi connectivity index (χ0v) is 20.4. The predicted molar refractivity (Wildman–Crippen MR) is 130 cm³/mol. The topological polar surface area (TPSA) is 41.1 Å². The fourth-order valence-electron chi connectivity index (χ4n) is 4.75. The maximum atomic E-state index is 11.5. The van der Waals surface area contributed by atoms with Crippen molar-refractivity contribution in [3.05, 3.63) is 24.6 Å². The van der Waals surface area contributed by atoms with E-state index in [0.717, 1.165) is 17.4 Å². The molecule has 4 nitrogen and oxygen atoms in total. The summed E-state index contributed by atoms with van der Waals surface area (Å²) in [5, 5.41) is 6.64. The molecule has 0 fully saturated rings. The molecule has 0 aromatic rings. The van der Waals surface area contributed by atoms with Crippen LogP contribution in [0.1, 0.15) is 118 Å². The average molecular weight is 421 g/mol. The Bertz CT molecular complexity index is 503. The molecule has 1 amide bonds. The molecule has 0 aromatic heterocycles. The summed E-state index contributed by atoms with van der Waals surface area (Å²) in [4.78, 5) is 11.5. The summed E-state index contributed by atoms with van der Waals surface area (Å²) in [7, 11) is 0. The summed E-state index contributed by atoms with van der Waals surface area (Å²) in [5.74, 6) is 0.0524. The molecule has 1 aliphatic rings. The number of nitrogens with zero attached hydrogens (tertiary/aromatic N) is 1. The van der Waals surface area contributed by atoms with Gasteiger partial charge in [0.25, 0.3) is 0 Å². The van der Waals surface area contributed by atoms with Gasteiger partial charge in [0, 0.05) is 20.3 Å². The second-order valence-corrected chi connectivity index (χ2v) is 9.03. The van der Waals surface area contributed by atoms with Crippen LogP contribution in [-0.4, -0.2) is 29.3 Å². The van der Waals surface area contributed by atoms with Crippen molar-refractivity contribution in [3.63, 3.8) is 0 Å². The van der Waals surface area contributed by atoms with E-state index in [2.05, 4.69) is 56.0 Å². The molecule has 2 N–H and O–H groups in total. The fraction of sp³-hybridized carbons (Fsp3) is 0.808. The number of carbonyl (C=O) groups is 1. The van der Waals surface area contributed by atoms with Crippen LogP contribution in [0.3, 0.4) is 0 Å². The molecule has 4 heteroatoms. The van der Waals surface area contributed by atoms with Crippen molar-refractivity contribution < 1.29 is 9.28 Å². The second-order valence-electron chi connectivity index (χ2n) is 9.03. The van der Waals surface area contributed by atoms with Gasteiger partial charge in [-0.1, -0.05) is 76.9 Å². The largest absolute Gasteiger partial charge is 0.338 e. The minimum atomic E-state index is 0.0524. The maximum Gasteiger partial charge on any atom is 0.221 e. The number of rotatable bonds is 18. The Kier molecular flexibility index (Phi) is 14.6. The van der Waals surface area contributed by atoms with E-state index < -0.39 is 0 Å². The van der Waals surface area contributed by atoms with E-state index in [1.54, 1.807) is 6.92 Å². The highest BCUT2D eigenvalue weighted by molar-refractivity contribution is 5.72. The van der Waals surface area contributed by atoms with E-state index >= 15 is 0 Å². The van der Waals surface area contributed by atoms with E-state index in [1.165, 1.54) is 83.5 Å². The molecular formula is C26H50N3O+. The Morgan fingerprint density at radius 3 is 2.07 bits per heavy atom. The lowest BCUT2D eigenvalue weighted by atomic mass is 10.0. The van der Waals surface area contributed by atoms with Crippen molar-refractivity contribution in [2.45, 2.75) is 130 Å². The molecule has 30 heavy (non-hydrogen) atoms. The Morgan fingerprint density at radius 1 is 0.967 bits per heavy atom. The highest BCUT2D eigenvalue weighted by Crippen LogP contribution is 2.26. The van der Waals surface area contributed by atoms with Gasteiger partial charge in [0.05, 0.1) is 12.7 Å². The molecule has 0 saturated carbocycles. The third-order valence-corrected chi connectivity index (χ3v) is 6.65. The van der Waals surface area contributed by atoms with Crippen LogP contribution >= 0.6 is 0 Å². The molecule has 1 aliphatic heterocycles. The number of hydrogen-bond acceptors (Lipinski definition) is 2. The summed E-state index contributed by atoms with van der Waals surface area (Å²) >= 11 is 0. The SMILES string of the molecule is CC/C=C/CCCCCCCCCCCCCC1NC=C[N+]1(CC)C(C)NC(C)=O. The molecule has 0 saturated heterocycles. The zero-order chi connectivity index (χ0) is 22.1. The Labute approximate surface area is 187 Å². The quantitative estimate of drug-likeness (QED) is 0.146. The van der Waals surface area contributed by atoms with E-state index in [1.807, 2.05) is 0 Å². The normalized spacial score (nSPS) is 21.8. The monoisotopic (exact) mass is 420 g/mol. The Balaban J connectivity index is 2.03. The molecule has 0 aromatic carbocycles. The first-order valence-electron chi connectivity index (χ1n) is 12.8. The molecule has 0 bridgehead atoms. The fourth-order valence-corrected chi connectivity index (χ4v) is 4.75.